The molecule has 0 amide bonds. The van der Waals surface area contributed by atoms with E-state index in [1.807, 2.05) is 0 Å². The molecule has 0 aliphatic carbocycles. The Labute approximate surface area is 158 Å². The van der Waals surface area contributed by atoms with Crippen LogP contribution >= 0.6 is 0 Å². The van der Waals surface area contributed by atoms with Gasteiger partial charge in [-0.3, -0.25) is 0 Å². The molecule has 0 spiro atoms. The van der Waals surface area contributed by atoms with Crippen molar-refractivity contribution in [3.63, 3.8) is 0 Å². The first-order valence-corrected chi connectivity index (χ1v) is 10.9. The van der Waals surface area contributed by atoms with Crippen LogP contribution in [0.3, 0.4) is 0 Å². The van der Waals surface area contributed by atoms with Crippen molar-refractivity contribution in [2.75, 3.05) is 37.0 Å². The van der Waals surface area contributed by atoms with Crippen molar-refractivity contribution >= 4 is 15.8 Å². The molecule has 0 atom stereocenters. The van der Waals surface area contributed by atoms with Gasteiger partial charge in [0.2, 0.25) is 11.8 Å². The Kier molecular flexibility index (Phi) is 6.22. The third-order valence-corrected chi connectivity index (χ3v) is 5.29. The maximum absolute atomic E-state index is 13.0. The number of aromatic nitrogens is 2. The second-order valence-corrected chi connectivity index (χ2v) is 8.92. The summed E-state index contributed by atoms with van der Waals surface area (Å²) in [6.45, 7) is 2.24. The summed E-state index contributed by atoms with van der Waals surface area (Å²) in [5, 5.41) is 3.30. The number of likely N-dealkylation sites (tertiary alicyclic amines) is 1. The van der Waals surface area contributed by atoms with Gasteiger partial charge in [-0.2, -0.15) is 4.98 Å². The van der Waals surface area contributed by atoms with Crippen LogP contribution in [0, 0.1) is 5.82 Å². The molecule has 0 unspecified atom stereocenters. The minimum absolute atomic E-state index is 0.191. The summed E-state index contributed by atoms with van der Waals surface area (Å²) in [6, 6.07) is 7.59. The molecule has 1 fully saturated rings. The van der Waals surface area contributed by atoms with Crippen LogP contribution in [0.25, 0.3) is 0 Å². The Bertz CT molecular complexity index is 853. The lowest BCUT2D eigenvalue weighted by atomic mass is 10.1. The zero-order valence-electron chi connectivity index (χ0n) is 15.1. The molecule has 1 N–H and O–H groups in total. The molecule has 7 nitrogen and oxygen atoms in total. The Morgan fingerprint density at radius 1 is 1.22 bits per heavy atom. The monoisotopic (exact) mass is 394 g/mol. The number of sulfone groups is 1. The molecule has 1 aliphatic rings. The minimum Gasteiger partial charge on any atom is -0.439 e. The lowest BCUT2D eigenvalue weighted by molar-refractivity contribution is 0.230. The van der Waals surface area contributed by atoms with E-state index in [-0.39, 0.29) is 17.6 Å². The predicted molar refractivity (Wildman–Crippen MR) is 101 cm³/mol. The third kappa shape index (κ3) is 6.44. The van der Waals surface area contributed by atoms with Crippen LogP contribution in [0.2, 0.25) is 0 Å². The molecule has 2 aromatic rings. The maximum atomic E-state index is 13.0. The van der Waals surface area contributed by atoms with Gasteiger partial charge in [0.25, 0.3) is 0 Å². The van der Waals surface area contributed by atoms with Crippen molar-refractivity contribution in [2.24, 2.45) is 0 Å². The summed E-state index contributed by atoms with van der Waals surface area (Å²) in [4.78, 5) is 10.7. The van der Waals surface area contributed by atoms with E-state index >= 15 is 0 Å². The van der Waals surface area contributed by atoms with Crippen molar-refractivity contribution in [3.8, 4) is 11.6 Å². The van der Waals surface area contributed by atoms with Gasteiger partial charge in [-0.25, -0.2) is 17.8 Å². The molecule has 1 aromatic heterocycles. The fourth-order valence-corrected chi connectivity index (χ4v) is 3.46. The van der Waals surface area contributed by atoms with Gasteiger partial charge in [0.05, 0.1) is 5.75 Å². The van der Waals surface area contributed by atoms with Crippen LogP contribution in [0.1, 0.15) is 12.8 Å². The highest BCUT2D eigenvalue weighted by Crippen LogP contribution is 2.21. The number of piperidine rings is 1. The fourth-order valence-electron chi connectivity index (χ4n) is 2.87. The summed E-state index contributed by atoms with van der Waals surface area (Å²) in [5.41, 5.74) is 0. The second-order valence-electron chi connectivity index (χ2n) is 6.66. The first kappa shape index (κ1) is 19.5. The lowest BCUT2D eigenvalue weighted by Gasteiger charge is -2.32. The standard InChI is InChI=1S/C18H23FN4O3S/c1-27(24,25)13-12-23-10-7-15(8-11-23)21-18-20-9-6-17(22-18)26-16-4-2-14(19)3-5-16/h2-6,9,15H,7-8,10-13H2,1H3,(H,20,21,22). The SMILES string of the molecule is CS(=O)(=O)CCN1CCC(Nc2nccc(Oc3ccc(F)cc3)n2)CC1. The highest BCUT2D eigenvalue weighted by Gasteiger charge is 2.20. The van der Waals surface area contributed by atoms with Crippen LogP contribution in [-0.2, 0) is 9.84 Å². The normalized spacial score (nSPS) is 16.2. The van der Waals surface area contributed by atoms with Gasteiger partial charge in [-0.15, -0.1) is 0 Å². The van der Waals surface area contributed by atoms with Crippen molar-refractivity contribution < 1.29 is 17.5 Å². The highest BCUT2D eigenvalue weighted by molar-refractivity contribution is 7.90. The van der Waals surface area contributed by atoms with E-state index in [0.29, 0.717) is 24.1 Å². The van der Waals surface area contributed by atoms with Gasteiger partial charge in [-0.05, 0) is 37.1 Å². The topological polar surface area (TPSA) is 84.4 Å². The first-order chi connectivity index (χ1) is 12.9. The second kappa shape index (κ2) is 8.62. The largest absolute Gasteiger partial charge is 0.439 e. The average molecular weight is 394 g/mol. The van der Waals surface area contributed by atoms with Gasteiger partial charge in [-0.1, -0.05) is 0 Å². The van der Waals surface area contributed by atoms with Gasteiger partial charge < -0.3 is 15.0 Å². The first-order valence-electron chi connectivity index (χ1n) is 8.80. The van der Waals surface area contributed by atoms with Crippen LogP contribution in [0.15, 0.2) is 36.5 Å². The number of halogens is 1. The molecule has 0 radical (unpaired) electrons. The minimum atomic E-state index is -2.93. The molecular formula is C18H23FN4O3S. The maximum Gasteiger partial charge on any atom is 0.226 e. The molecule has 146 valence electrons. The summed E-state index contributed by atoms with van der Waals surface area (Å²) >= 11 is 0. The quantitative estimate of drug-likeness (QED) is 0.771. The Hall–Kier alpha value is -2.26. The Balaban J connectivity index is 1.51. The zero-order valence-corrected chi connectivity index (χ0v) is 16.0. The molecule has 3 rings (SSSR count). The number of rotatable bonds is 7. The van der Waals surface area contributed by atoms with E-state index in [2.05, 4.69) is 20.2 Å². The van der Waals surface area contributed by atoms with Gasteiger partial charge in [0.1, 0.15) is 21.4 Å². The predicted octanol–water partition coefficient (Wildman–Crippen LogP) is 2.33. The highest BCUT2D eigenvalue weighted by atomic mass is 32.2. The van der Waals surface area contributed by atoms with Gasteiger partial charge >= 0.3 is 0 Å². The fraction of sp³-hybridized carbons (Fsp3) is 0.444. The molecule has 27 heavy (non-hydrogen) atoms. The molecule has 0 bridgehead atoms. The van der Waals surface area contributed by atoms with E-state index in [9.17, 15) is 12.8 Å². The van der Waals surface area contributed by atoms with Crippen LogP contribution in [0.4, 0.5) is 10.3 Å². The van der Waals surface area contributed by atoms with E-state index in [1.54, 1.807) is 12.3 Å². The Morgan fingerprint density at radius 2 is 1.93 bits per heavy atom. The molecule has 2 heterocycles. The number of hydrogen-bond donors (Lipinski definition) is 1. The van der Waals surface area contributed by atoms with Crippen molar-refractivity contribution in [3.05, 3.63) is 42.3 Å². The smallest absolute Gasteiger partial charge is 0.226 e. The van der Waals surface area contributed by atoms with Crippen LogP contribution in [0.5, 0.6) is 11.6 Å². The number of hydrogen-bond acceptors (Lipinski definition) is 7. The van der Waals surface area contributed by atoms with Gasteiger partial charge in [0, 0.05) is 44.2 Å². The molecule has 1 saturated heterocycles. The number of anilines is 1. The van der Waals surface area contributed by atoms with E-state index in [4.69, 9.17) is 4.74 Å². The van der Waals surface area contributed by atoms with E-state index in [0.717, 1.165) is 25.9 Å². The number of benzene rings is 1. The third-order valence-electron chi connectivity index (χ3n) is 4.37. The summed E-state index contributed by atoms with van der Waals surface area (Å²) < 4.78 is 41.1. The molecule has 9 heteroatoms. The summed E-state index contributed by atoms with van der Waals surface area (Å²) in [6.07, 6.45) is 4.64. The van der Waals surface area contributed by atoms with E-state index in [1.165, 1.54) is 30.5 Å². The van der Waals surface area contributed by atoms with Crippen molar-refractivity contribution in [1.29, 1.82) is 0 Å². The number of ether oxygens (including phenoxy) is 1. The molecule has 1 aliphatic heterocycles. The lowest BCUT2D eigenvalue weighted by Crippen LogP contribution is -2.41. The Morgan fingerprint density at radius 3 is 2.59 bits per heavy atom. The van der Waals surface area contributed by atoms with E-state index < -0.39 is 9.84 Å². The summed E-state index contributed by atoms with van der Waals surface area (Å²) in [5.74, 6) is 1.22. The molecule has 0 saturated carbocycles. The molecule has 1 aromatic carbocycles. The molecular weight excluding hydrogens is 371 g/mol. The number of nitrogens with one attached hydrogen (secondary N) is 1. The van der Waals surface area contributed by atoms with Crippen LogP contribution in [-0.4, -0.2) is 61.0 Å². The zero-order chi connectivity index (χ0) is 19.3. The van der Waals surface area contributed by atoms with Crippen molar-refractivity contribution in [2.45, 2.75) is 18.9 Å². The number of nitrogens with zero attached hydrogens (tertiary/aromatic N) is 3. The average Bonchev–Trinajstić information content (AvgIpc) is 2.63. The van der Waals surface area contributed by atoms with Crippen molar-refractivity contribution in [1.82, 2.24) is 14.9 Å². The summed E-state index contributed by atoms with van der Waals surface area (Å²) in [7, 11) is -2.93. The van der Waals surface area contributed by atoms with Gasteiger partial charge in [0.15, 0.2) is 0 Å². The van der Waals surface area contributed by atoms with Crippen LogP contribution < -0.4 is 10.1 Å².